The van der Waals surface area contributed by atoms with Gasteiger partial charge >= 0.3 is 5.97 Å². The second kappa shape index (κ2) is 4.87. The molecule has 0 unspecified atom stereocenters. The fourth-order valence-corrected chi connectivity index (χ4v) is 2.48. The normalized spacial score (nSPS) is 15.8. The van der Waals surface area contributed by atoms with Gasteiger partial charge in [-0.25, -0.2) is 0 Å². The summed E-state index contributed by atoms with van der Waals surface area (Å²) in [4.78, 5) is 11.3. The molecule has 0 aliphatic heterocycles. The summed E-state index contributed by atoms with van der Waals surface area (Å²) in [5.74, 6) is -0.00719. The van der Waals surface area contributed by atoms with Gasteiger partial charge < -0.3 is 14.8 Å². The molecule has 1 saturated carbocycles. The van der Waals surface area contributed by atoms with E-state index in [9.17, 15) is 9.90 Å². The van der Waals surface area contributed by atoms with E-state index in [1.54, 1.807) is 12.1 Å². The zero-order valence-corrected chi connectivity index (χ0v) is 11.5. The van der Waals surface area contributed by atoms with Gasteiger partial charge in [-0.3, -0.25) is 4.79 Å². The second-order valence-electron chi connectivity index (χ2n) is 5.03. The smallest absolute Gasteiger partial charge is 0.314 e. The molecular formula is C15H14ClNO3. The van der Waals surface area contributed by atoms with Gasteiger partial charge in [-0.15, -0.1) is 0 Å². The number of anilines is 1. The van der Waals surface area contributed by atoms with E-state index in [0.29, 0.717) is 24.6 Å². The minimum Gasteiger partial charge on any atom is -0.481 e. The first-order valence-corrected chi connectivity index (χ1v) is 6.80. The van der Waals surface area contributed by atoms with Crippen molar-refractivity contribution < 1.29 is 14.3 Å². The first-order valence-electron chi connectivity index (χ1n) is 6.42. The molecule has 1 aromatic carbocycles. The van der Waals surface area contributed by atoms with E-state index >= 15 is 0 Å². The predicted molar refractivity (Wildman–Crippen MR) is 76.0 cm³/mol. The van der Waals surface area contributed by atoms with Crippen molar-refractivity contribution in [2.24, 2.45) is 0 Å². The molecule has 0 bridgehead atoms. The summed E-state index contributed by atoms with van der Waals surface area (Å²) in [6.07, 6.45) is 1.42. The molecule has 1 aromatic heterocycles. The van der Waals surface area contributed by atoms with E-state index in [-0.39, 0.29) is 0 Å². The Hall–Kier alpha value is -1.94. The lowest BCUT2D eigenvalue weighted by Gasteiger charge is -2.12. The second-order valence-corrected chi connectivity index (χ2v) is 5.40. The monoisotopic (exact) mass is 291 g/mol. The Bertz CT molecular complexity index is 646. The number of halogens is 1. The van der Waals surface area contributed by atoms with E-state index < -0.39 is 11.4 Å². The van der Waals surface area contributed by atoms with Crippen LogP contribution in [0.15, 0.2) is 40.8 Å². The van der Waals surface area contributed by atoms with Crippen LogP contribution >= 0.6 is 11.6 Å². The molecule has 0 saturated heterocycles. The Morgan fingerprint density at radius 1 is 1.35 bits per heavy atom. The van der Waals surface area contributed by atoms with Crippen LogP contribution in [0, 0.1) is 0 Å². The maximum Gasteiger partial charge on any atom is 0.314 e. The molecule has 1 aliphatic carbocycles. The Kier molecular flexibility index (Phi) is 3.18. The highest BCUT2D eigenvalue weighted by molar-refractivity contribution is 6.28. The lowest BCUT2D eigenvalue weighted by atomic mass is 9.96. The summed E-state index contributed by atoms with van der Waals surface area (Å²) in [6.45, 7) is 0.510. The molecule has 4 nitrogen and oxygen atoms in total. The van der Waals surface area contributed by atoms with Crippen LogP contribution in [0.25, 0.3) is 0 Å². The number of benzene rings is 1. The van der Waals surface area contributed by atoms with E-state index in [2.05, 4.69) is 5.32 Å². The fraction of sp³-hybridized carbons (Fsp3) is 0.267. The van der Waals surface area contributed by atoms with Gasteiger partial charge in [0.1, 0.15) is 5.76 Å². The minimum atomic E-state index is -0.743. The number of carbonyl (C=O) groups is 1. The van der Waals surface area contributed by atoms with Crippen LogP contribution in [0.5, 0.6) is 0 Å². The largest absolute Gasteiger partial charge is 0.481 e. The zero-order valence-electron chi connectivity index (χ0n) is 10.7. The molecule has 0 amide bonds. The van der Waals surface area contributed by atoms with Crippen LogP contribution in [-0.2, 0) is 16.8 Å². The first kappa shape index (κ1) is 13.1. The van der Waals surface area contributed by atoms with Crippen LogP contribution in [0.1, 0.15) is 24.2 Å². The van der Waals surface area contributed by atoms with E-state index in [0.717, 1.165) is 17.0 Å². The van der Waals surface area contributed by atoms with Gasteiger partial charge in [-0.05, 0) is 54.3 Å². The van der Waals surface area contributed by atoms with Crippen LogP contribution in [-0.4, -0.2) is 11.1 Å². The molecule has 1 heterocycles. The molecular weight excluding hydrogens is 278 g/mol. The Balaban J connectivity index is 1.73. The van der Waals surface area contributed by atoms with Crippen LogP contribution < -0.4 is 5.32 Å². The number of carboxylic acids is 1. The molecule has 2 aromatic rings. The van der Waals surface area contributed by atoms with Crippen molar-refractivity contribution in [3.63, 3.8) is 0 Å². The molecule has 104 valence electrons. The van der Waals surface area contributed by atoms with Gasteiger partial charge in [0.15, 0.2) is 5.22 Å². The molecule has 1 fully saturated rings. The molecule has 1 aliphatic rings. The van der Waals surface area contributed by atoms with Gasteiger partial charge in [-0.1, -0.05) is 12.1 Å². The molecule has 20 heavy (non-hydrogen) atoms. The van der Waals surface area contributed by atoms with Crippen molar-refractivity contribution in [2.45, 2.75) is 24.8 Å². The predicted octanol–water partition coefficient (Wildman–Crippen LogP) is 3.66. The number of furan rings is 1. The maximum atomic E-state index is 11.3. The first-order chi connectivity index (χ1) is 9.60. The van der Waals surface area contributed by atoms with Crippen molar-refractivity contribution in [1.82, 2.24) is 0 Å². The SMILES string of the molecule is O=C(O)C1(c2cccc(NCc3ccc(Cl)o3)c2)CC1. The summed E-state index contributed by atoms with van der Waals surface area (Å²) < 4.78 is 5.26. The van der Waals surface area contributed by atoms with Crippen molar-refractivity contribution in [3.8, 4) is 0 Å². The number of hydrogen-bond acceptors (Lipinski definition) is 3. The molecule has 0 atom stereocenters. The van der Waals surface area contributed by atoms with Gasteiger partial charge in [0.25, 0.3) is 0 Å². The summed E-state index contributed by atoms with van der Waals surface area (Å²) in [7, 11) is 0. The van der Waals surface area contributed by atoms with E-state index in [1.165, 1.54) is 0 Å². The number of carboxylic acid groups (broad SMARTS) is 1. The molecule has 0 spiro atoms. The average Bonchev–Trinajstić information content (AvgIpc) is 3.15. The van der Waals surface area contributed by atoms with Crippen LogP contribution in [0.4, 0.5) is 5.69 Å². The topological polar surface area (TPSA) is 62.5 Å². The summed E-state index contributed by atoms with van der Waals surface area (Å²) in [5.41, 5.74) is 1.06. The Morgan fingerprint density at radius 2 is 2.15 bits per heavy atom. The third-order valence-corrected chi connectivity index (χ3v) is 3.87. The summed E-state index contributed by atoms with van der Waals surface area (Å²) in [6, 6.07) is 11.0. The minimum absolute atomic E-state index is 0.360. The number of nitrogens with one attached hydrogen (secondary N) is 1. The van der Waals surface area contributed by atoms with E-state index in [4.69, 9.17) is 16.0 Å². The number of rotatable bonds is 5. The third-order valence-electron chi connectivity index (χ3n) is 3.67. The zero-order chi connectivity index (χ0) is 14.2. The highest BCUT2D eigenvalue weighted by Crippen LogP contribution is 2.48. The third kappa shape index (κ3) is 2.39. The molecule has 2 N–H and O–H groups in total. The van der Waals surface area contributed by atoms with Crippen molar-refractivity contribution >= 4 is 23.3 Å². The maximum absolute atomic E-state index is 11.3. The van der Waals surface area contributed by atoms with Crippen molar-refractivity contribution in [1.29, 1.82) is 0 Å². The highest BCUT2D eigenvalue weighted by Gasteiger charge is 2.51. The Morgan fingerprint density at radius 3 is 2.75 bits per heavy atom. The van der Waals surface area contributed by atoms with Gasteiger partial charge in [0.2, 0.25) is 0 Å². The molecule has 5 heteroatoms. The van der Waals surface area contributed by atoms with Gasteiger partial charge in [0, 0.05) is 5.69 Å². The van der Waals surface area contributed by atoms with Crippen LogP contribution in [0.3, 0.4) is 0 Å². The molecule has 3 rings (SSSR count). The van der Waals surface area contributed by atoms with Crippen molar-refractivity contribution in [3.05, 3.63) is 52.9 Å². The lowest BCUT2D eigenvalue weighted by molar-refractivity contribution is -0.140. The standard InChI is InChI=1S/C15H14ClNO3/c16-13-5-4-12(20-13)9-17-11-3-1-2-10(8-11)15(6-7-15)14(18)19/h1-5,8,17H,6-7,9H2,(H,18,19). The quantitative estimate of drug-likeness (QED) is 0.882. The number of aliphatic carboxylic acids is 1. The van der Waals surface area contributed by atoms with Crippen molar-refractivity contribution in [2.75, 3.05) is 5.32 Å². The number of hydrogen-bond donors (Lipinski definition) is 2. The summed E-state index contributed by atoms with van der Waals surface area (Å²) in [5, 5.41) is 12.9. The van der Waals surface area contributed by atoms with E-state index in [1.807, 2.05) is 24.3 Å². The van der Waals surface area contributed by atoms with Gasteiger partial charge in [0.05, 0.1) is 12.0 Å². The van der Waals surface area contributed by atoms with Gasteiger partial charge in [-0.2, -0.15) is 0 Å². The highest BCUT2D eigenvalue weighted by atomic mass is 35.5. The van der Waals surface area contributed by atoms with Crippen LogP contribution in [0.2, 0.25) is 5.22 Å². The molecule has 0 radical (unpaired) electrons. The summed E-state index contributed by atoms with van der Waals surface area (Å²) >= 11 is 5.71. The average molecular weight is 292 g/mol. The fourth-order valence-electron chi connectivity index (χ4n) is 2.31. The Labute approximate surface area is 121 Å². The lowest BCUT2D eigenvalue weighted by Crippen LogP contribution is -2.19.